The second kappa shape index (κ2) is 4.68. The standard InChI is InChI=1S/C14H14F2INO/c15-10-8-11(16)12(17)7-9(10)13(19)18-5-3-14(1-2-14)4-6-18/h7-8H,1-6H2. The smallest absolute Gasteiger partial charge is 0.256 e. The molecular weight excluding hydrogens is 363 g/mol. The Hall–Kier alpha value is -0.720. The number of likely N-dealkylation sites (tertiary alicyclic amines) is 1. The number of halogens is 3. The Morgan fingerprint density at radius 3 is 2.32 bits per heavy atom. The highest BCUT2D eigenvalue weighted by atomic mass is 127. The minimum Gasteiger partial charge on any atom is -0.339 e. The molecule has 1 aromatic carbocycles. The maximum absolute atomic E-state index is 13.7. The third-order valence-corrected chi connectivity index (χ3v) is 5.14. The van der Waals surface area contributed by atoms with Crippen molar-refractivity contribution in [3.05, 3.63) is 32.9 Å². The molecule has 0 atom stereocenters. The van der Waals surface area contributed by atoms with Crippen LogP contribution in [0.5, 0.6) is 0 Å². The first-order chi connectivity index (χ1) is 9.01. The van der Waals surface area contributed by atoms with E-state index in [1.165, 1.54) is 18.9 Å². The van der Waals surface area contributed by atoms with Crippen molar-refractivity contribution in [1.29, 1.82) is 0 Å². The Labute approximate surface area is 124 Å². The molecule has 0 unspecified atom stereocenters. The van der Waals surface area contributed by atoms with Gasteiger partial charge in [-0.25, -0.2) is 8.78 Å². The first kappa shape index (κ1) is 13.3. The molecule has 3 rings (SSSR count). The molecule has 2 aliphatic rings. The van der Waals surface area contributed by atoms with Crippen molar-refractivity contribution in [1.82, 2.24) is 4.90 Å². The molecule has 0 N–H and O–H groups in total. The Balaban J connectivity index is 1.78. The summed E-state index contributed by atoms with van der Waals surface area (Å²) in [4.78, 5) is 14.0. The average Bonchev–Trinajstić information content (AvgIpc) is 3.14. The van der Waals surface area contributed by atoms with Gasteiger partial charge in [0.15, 0.2) is 0 Å². The number of piperidine rings is 1. The summed E-state index contributed by atoms with van der Waals surface area (Å²) in [7, 11) is 0. The van der Waals surface area contributed by atoms with Crippen molar-refractivity contribution in [2.75, 3.05) is 13.1 Å². The second-order valence-corrected chi connectivity index (χ2v) is 6.70. The number of amides is 1. The normalized spacial score (nSPS) is 20.7. The van der Waals surface area contributed by atoms with Crippen LogP contribution in [0, 0.1) is 20.6 Å². The third-order valence-electron chi connectivity index (χ3n) is 4.31. The molecule has 2 fully saturated rings. The van der Waals surface area contributed by atoms with Crippen molar-refractivity contribution in [3.63, 3.8) is 0 Å². The molecule has 1 aromatic rings. The predicted molar refractivity (Wildman–Crippen MR) is 75.9 cm³/mol. The van der Waals surface area contributed by atoms with Gasteiger partial charge in [-0.3, -0.25) is 4.79 Å². The van der Waals surface area contributed by atoms with Gasteiger partial charge in [0, 0.05) is 22.7 Å². The first-order valence-electron chi connectivity index (χ1n) is 6.45. The summed E-state index contributed by atoms with van der Waals surface area (Å²) >= 11 is 1.77. The number of hydrogen-bond acceptors (Lipinski definition) is 1. The molecular formula is C14H14F2INO. The number of benzene rings is 1. The van der Waals surface area contributed by atoms with Crippen molar-refractivity contribution >= 4 is 28.5 Å². The maximum atomic E-state index is 13.7. The van der Waals surface area contributed by atoms with Crippen LogP contribution in [-0.2, 0) is 0 Å². The van der Waals surface area contributed by atoms with Gasteiger partial charge in [0.1, 0.15) is 11.6 Å². The lowest BCUT2D eigenvalue weighted by atomic mass is 9.93. The van der Waals surface area contributed by atoms with Gasteiger partial charge in [0.25, 0.3) is 5.91 Å². The number of carbonyl (C=O) groups excluding carboxylic acids is 1. The van der Waals surface area contributed by atoms with Gasteiger partial charge >= 0.3 is 0 Å². The molecule has 0 radical (unpaired) electrons. The molecule has 1 spiro atoms. The highest BCUT2D eigenvalue weighted by Crippen LogP contribution is 2.53. The van der Waals surface area contributed by atoms with Gasteiger partial charge in [-0.15, -0.1) is 0 Å². The van der Waals surface area contributed by atoms with Crippen molar-refractivity contribution in [3.8, 4) is 0 Å². The van der Waals surface area contributed by atoms with Crippen LogP contribution in [0.3, 0.4) is 0 Å². The Bertz CT molecular complexity index is 532. The average molecular weight is 377 g/mol. The summed E-state index contributed by atoms with van der Waals surface area (Å²) in [6.45, 7) is 1.37. The van der Waals surface area contributed by atoms with E-state index in [2.05, 4.69) is 0 Å². The maximum Gasteiger partial charge on any atom is 0.256 e. The third kappa shape index (κ3) is 2.49. The summed E-state index contributed by atoms with van der Waals surface area (Å²) in [5.74, 6) is -1.70. The fourth-order valence-electron chi connectivity index (χ4n) is 2.72. The zero-order valence-corrected chi connectivity index (χ0v) is 12.5. The summed E-state index contributed by atoms with van der Waals surface area (Å²) in [5, 5.41) is 0. The summed E-state index contributed by atoms with van der Waals surface area (Å²) in [6, 6.07) is 2.09. The van der Waals surface area contributed by atoms with Gasteiger partial charge in [0.2, 0.25) is 0 Å². The van der Waals surface area contributed by atoms with E-state index in [1.54, 1.807) is 27.5 Å². The SMILES string of the molecule is O=C(c1cc(I)c(F)cc1F)N1CCC2(CC1)CC2. The molecule has 0 aromatic heterocycles. The van der Waals surface area contributed by atoms with Gasteiger partial charge < -0.3 is 4.90 Å². The quantitative estimate of drug-likeness (QED) is 0.541. The minimum absolute atomic E-state index is 0.0162. The van der Waals surface area contributed by atoms with Crippen LogP contribution in [0.15, 0.2) is 12.1 Å². The fourth-order valence-corrected chi connectivity index (χ4v) is 3.18. The Morgan fingerprint density at radius 2 is 1.74 bits per heavy atom. The first-order valence-corrected chi connectivity index (χ1v) is 7.52. The topological polar surface area (TPSA) is 20.3 Å². The van der Waals surface area contributed by atoms with E-state index in [4.69, 9.17) is 0 Å². The number of rotatable bonds is 1. The molecule has 1 amide bonds. The van der Waals surface area contributed by atoms with E-state index in [-0.39, 0.29) is 15.0 Å². The highest BCUT2D eigenvalue weighted by Gasteiger charge is 2.45. The number of nitrogens with zero attached hydrogens (tertiary/aromatic N) is 1. The van der Waals surface area contributed by atoms with E-state index in [0.29, 0.717) is 18.5 Å². The minimum atomic E-state index is -0.769. The van der Waals surface area contributed by atoms with Crippen LogP contribution in [0.1, 0.15) is 36.0 Å². The van der Waals surface area contributed by atoms with E-state index in [9.17, 15) is 13.6 Å². The van der Waals surface area contributed by atoms with E-state index < -0.39 is 11.6 Å². The van der Waals surface area contributed by atoms with E-state index in [0.717, 1.165) is 18.9 Å². The zero-order valence-electron chi connectivity index (χ0n) is 10.4. The molecule has 1 heterocycles. The van der Waals surface area contributed by atoms with Gasteiger partial charge in [-0.05, 0) is 59.8 Å². The number of hydrogen-bond donors (Lipinski definition) is 0. The van der Waals surface area contributed by atoms with Crippen molar-refractivity contribution in [2.24, 2.45) is 5.41 Å². The van der Waals surface area contributed by atoms with Crippen LogP contribution in [-0.4, -0.2) is 23.9 Å². The Kier molecular flexibility index (Phi) is 3.27. The highest BCUT2D eigenvalue weighted by molar-refractivity contribution is 14.1. The lowest BCUT2D eigenvalue weighted by molar-refractivity contribution is 0.0673. The van der Waals surface area contributed by atoms with Crippen LogP contribution < -0.4 is 0 Å². The zero-order chi connectivity index (χ0) is 13.6. The summed E-state index contributed by atoms with van der Waals surface area (Å²) in [5.41, 5.74) is 0.463. The van der Waals surface area contributed by atoms with E-state index in [1.807, 2.05) is 0 Å². The van der Waals surface area contributed by atoms with Gasteiger partial charge in [-0.2, -0.15) is 0 Å². The largest absolute Gasteiger partial charge is 0.339 e. The molecule has 5 heteroatoms. The molecule has 2 nitrogen and oxygen atoms in total. The predicted octanol–water partition coefficient (Wildman–Crippen LogP) is 3.59. The lowest BCUT2D eigenvalue weighted by Gasteiger charge is -2.32. The molecule has 0 bridgehead atoms. The summed E-state index contributed by atoms with van der Waals surface area (Å²) < 4.78 is 27.2. The number of carbonyl (C=O) groups is 1. The van der Waals surface area contributed by atoms with E-state index >= 15 is 0 Å². The molecule has 1 saturated carbocycles. The molecule has 1 aliphatic carbocycles. The Morgan fingerprint density at radius 1 is 1.11 bits per heavy atom. The molecule has 1 saturated heterocycles. The molecule has 102 valence electrons. The van der Waals surface area contributed by atoms with Crippen LogP contribution >= 0.6 is 22.6 Å². The van der Waals surface area contributed by atoms with Gasteiger partial charge in [-0.1, -0.05) is 0 Å². The molecule has 19 heavy (non-hydrogen) atoms. The summed E-state index contributed by atoms with van der Waals surface area (Å²) in [6.07, 6.45) is 4.55. The lowest BCUT2D eigenvalue weighted by Crippen LogP contribution is -2.39. The van der Waals surface area contributed by atoms with Crippen molar-refractivity contribution < 1.29 is 13.6 Å². The van der Waals surface area contributed by atoms with Gasteiger partial charge in [0.05, 0.1) is 5.56 Å². The fraction of sp³-hybridized carbons (Fsp3) is 0.500. The van der Waals surface area contributed by atoms with Crippen LogP contribution in [0.4, 0.5) is 8.78 Å². The van der Waals surface area contributed by atoms with Crippen molar-refractivity contribution in [2.45, 2.75) is 25.7 Å². The second-order valence-electron chi connectivity index (χ2n) is 5.54. The van der Waals surface area contributed by atoms with Crippen LogP contribution in [0.25, 0.3) is 0 Å². The van der Waals surface area contributed by atoms with Crippen LogP contribution in [0.2, 0.25) is 0 Å². The molecule has 1 aliphatic heterocycles. The monoisotopic (exact) mass is 377 g/mol.